The second-order valence-corrected chi connectivity index (χ2v) is 7.61. The summed E-state index contributed by atoms with van der Waals surface area (Å²) in [6, 6.07) is 2.14. The lowest BCUT2D eigenvalue weighted by Gasteiger charge is -2.24. The lowest BCUT2D eigenvalue weighted by Crippen LogP contribution is -2.35. The SMILES string of the molecule is COCCNc1c(C#N)c(Br)nn1[C@H]1CCN(C(=O)OC(C)(C)C)C1. The lowest BCUT2D eigenvalue weighted by atomic mass is 10.2. The maximum atomic E-state index is 12.2. The highest BCUT2D eigenvalue weighted by atomic mass is 79.9. The van der Waals surface area contributed by atoms with Gasteiger partial charge in [0.2, 0.25) is 0 Å². The summed E-state index contributed by atoms with van der Waals surface area (Å²) in [6.45, 7) is 7.71. The molecule has 0 radical (unpaired) electrons. The second kappa shape index (κ2) is 8.06. The average molecular weight is 414 g/mol. The molecule has 1 aromatic rings. The van der Waals surface area contributed by atoms with Gasteiger partial charge < -0.3 is 19.7 Å². The van der Waals surface area contributed by atoms with E-state index < -0.39 is 5.60 Å². The molecule has 0 saturated carbocycles. The summed E-state index contributed by atoms with van der Waals surface area (Å²) in [5, 5.41) is 17.0. The third kappa shape index (κ3) is 4.86. The number of likely N-dealkylation sites (tertiary alicyclic amines) is 1. The first-order chi connectivity index (χ1) is 11.8. The van der Waals surface area contributed by atoms with E-state index in [1.807, 2.05) is 20.8 Å². The fraction of sp³-hybridized carbons (Fsp3) is 0.688. The molecule has 0 aromatic carbocycles. The van der Waals surface area contributed by atoms with Crippen LogP contribution in [-0.4, -0.2) is 59.7 Å². The van der Waals surface area contributed by atoms with Crippen LogP contribution in [0, 0.1) is 11.3 Å². The van der Waals surface area contributed by atoms with E-state index >= 15 is 0 Å². The zero-order chi connectivity index (χ0) is 18.6. The van der Waals surface area contributed by atoms with Gasteiger partial charge in [-0.1, -0.05) is 0 Å². The Morgan fingerprint density at radius 2 is 2.24 bits per heavy atom. The number of carbonyl (C=O) groups excluding carboxylic acids is 1. The molecule has 2 rings (SSSR count). The molecule has 8 nitrogen and oxygen atoms in total. The van der Waals surface area contributed by atoms with Crippen molar-refractivity contribution in [1.29, 1.82) is 5.26 Å². The third-order valence-electron chi connectivity index (χ3n) is 3.74. The maximum absolute atomic E-state index is 12.2. The standard InChI is InChI=1S/C16H24BrN5O3/c1-16(2,3)25-15(23)21-7-5-11(10-21)22-14(19-6-8-24-4)12(9-18)13(17)20-22/h11,19H,5-8,10H2,1-4H3/t11-/m0/s1. The van der Waals surface area contributed by atoms with Crippen LogP contribution in [0.5, 0.6) is 0 Å². The van der Waals surface area contributed by atoms with Gasteiger partial charge in [0.05, 0.1) is 12.6 Å². The average Bonchev–Trinajstić information content (AvgIpc) is 3.10. The molecule has 1 aliphatic heterocycles. The van der Waals surface area contributed by atoms with Gasteiger partial charge in [-0.15, -0.1) is 0 Å². The van der Waals surface area contributed by atoms with E-state index in [1.165, 1.54) is 0 Å². The molecule has 0 bridgehead atoms. The normalized spacial score (nSPS) is 17.4. The minimum absolute atomic E-state index is 0.0176. The first-order valence-corrected chi connectivity index (χ1v) is 8.95. The van der Waals surface area contributed by atoms with Gasteiger partial charge >= 0.3 is 6.09 Å². The van der Waals surface area contributed by atoms with E-state index in [-0.39, 0.29) is 12.1 Å². The molecule has 1 amide bonds. The molecule has 2 heterocycles. The van der Waals surface area contributed by atoms with Crippen molar-refractivity contribution in [2.24, 2.45) is 0 Å². The minimum atomic E-state index is -0.523. The van der Waals surface area contributed by atoms with Gasteiger partial charge in [0.1, 0.15) is 27.7 Å². The number of nitriles is 1. The molecule has 0 unspecified atom stereocenters. The number of aromatic nitrogens is 2. The molecule has 0 aliphatic carbocycles. The number of methoxy groups -OCH3 is 1. The Balaban J connectivity index is 2.14. The predicted octanol–water partition coefficient (Wildman–Crippen LogP) is 2.76. The fourth-order valence-electron chi connectivity index (χ4n) is 2.64. The summed E-state index contributed by atoms with van der Waals surface area (Å²) in [6.07, 6.45) is 0.424. The Morgan fingerprint density at radius 1 is 1.52 bits per heavy atom. The van der Waals surface area contributed by atoms with E-state index in [1.54, 1.807) is 16.7 Å². The van der Waals surface area contributed by atoms with Gasteiger partial charge in [-0.2, -0.15) is 10.4 Å². The molecule has 1 aromatic heterocycles. The number of carbonyl (C=O) groups is 1. The van der Waals surface area contributed by atoms with Gasteiger partial charge in [-0.05, 0) is 43.1 Å². The Bertz CT molecular complexity index is 662. The topological polar surface area (TPSA) is 92.4 Å². The van der Waals surface area contributed by atoms with Crippen LogP contribution in [-0.2, 0) is 9.47 Å². The largest absolute Gasteiger partial charge is 0.444 e. The van der Waals surface area contributed by atoms with Crippen molar-refractivity contribution < 1.29 is 14.3 Å². The Labute approximate surface area is 156 Å². The lowest BCUT2D eigenvalue weighted by molar-refractivity contribution is 0.0288. The molecular formula is C16H24BrN5O3. The molecule has 1 fully saturated rings. The Hall–Kier alpha value is -1.79. The first kappa shape index (κ1) is 19.5. The molecule has 138 valence electrons. The maximum Gasteiger partial charge on any atom is 0.410 e. The van der Waals surface area contributed by atoms with Crippen molar-refractivity contribution in [3.8, 4) is 6.07 Å². The highest BCUT2D eigenvalue weighted by Gasteiger charge is 2.33. The van der Waals surface area contributed by atoms with Crippen LogP contribution in [0.25, 0.3) is 0 Å². The van der Waals surface area contributed by atoms with E-state index in [0.29, 0.717) is 42.2 Å². The summed E-state index contributed by atoms with van der Waals surface area (Å²) in [5.41, 5.74) is -0.0723. The summed E-state index contributed by atoms with van der Waals surface area (Å²) < 4.78 is 12.7. The van der Waals surface area contributed by atoms with Crippen LogP contribution in [0.3, 0.4) is 0 Å². The minimum Gasteiger partial charge on any atom is -0.444 e. The first-order valence-electron chi connectivity index (χ1n) is 8.15. The Morgan fingerprint density at radius 3 is 2.84 bits per heavy atom. The number of hydrogen-bond donors (Lipinski definition) is 1. The van der Waals surface area contributed by atoms with Gasteiger partial charge in [-0.25, -0.2) is 9.48 Å². The molecule has 25 heavy (non-hydrogen) atoms. The number of anilines is 1. The van der Waals surface area contributed by atoms with E-state index in [9.17, 15) is 10.1 Å². The zero-order valence-corrected chi connectivity index (χ0v) is 16.6. The number of nitrogens with zero attached hydrogens (tertiary/aromatic N) is 4. The molecule has 0 spiro atoms. The van der Waals surface area contributed by atoms with Gasteiger partial charge in [0, 0.05) is 26.7 Å². The summed E-state index contributed by atoms with van der Waals surface area (Å²) in [7, 11) is 1.62. The van der Waals surface area contributed by atoms with Crippen LogP contribution in [0.15, 0.2) is 4.60 Å². The number of amides is 1. The second-order valence-electron chi connectivity index (χ2n) is 6.86. The highest BCUT2D eigenvalue weighted by molar-refractivity contribution is 9.10. The highest BCUT2D eigenvalue weighted by Crippen LogP contribution is 2.31. The van der Waals surface area contributed by atoms with Crippen LogP contribution in [0.1, 0.15) is 38.8 Å². The zero-order valence-electron chi connectivity index (χ0n) is 15.0. The smallest absolute Gasteiger partial charge is 0.410 e. The molecule has 1 aliphatic rings. The summed E-state index contributed by atoms with van der Waals surface area (Å²) in [4.78, 5) is 13.9. The fourth-order valence-corrected chi connectivity index (χ4v) is 3.09. The Kier molecular flexibility index (Phi) is 6.30. The molecular weight excluding hydrogens is 390 g/mol. The molecule has 1 N–H and O–H groups in total. The van der Waals surface area contributed by atoms with E-state index in [4.69, 9.17) is 9.47 Å². The van der Waals surface area contributed by atoms with E-state index in [2.05, 4.69) is 32.4 Å². The van der Waals surface area contributed by atoms with Crippen molar-refractivity contribution in [2.75, 3.05) is 38.7 Å². The van der Waals surface area contributed by atoms with Crippen molar-refractivity contribution in [2.45, 2.75) is 38.8 Å². The number of ether oxygens (including phenoxy) is 2. The quantitative estimate of drug-likeness (QED) is 0.745. The van der Waals surface area contributed by atoms with Crippen LogP contribution in [0.4, 0.5) is 10.6 Å². The van der Waals surface area contributed by atoms with Crippen LogP contribution < -0.4 is 5.32 Å². The molecule has 9 heteroatoms. The number of hydrogen-bond acceptors (Lipinski definition) is 6. The number of rotatable bonds is 5. The predicted molar refractivity (Wildman–Crippen MR) is 96.5 cm³/mol. The number of halogens is 1. The monoisotopic (exact) mass is 413 g/mol. The van der Waals surface area contributed by atoms with Crippen molar-refractivity contribution in [1.82, 2.24) is 14.7 Å². The molecule has 1 atom stereocenters. The van der Waals surface area contributed by atoms with Crippen LogP contribution >= 0.6 is 15.9 Å². The van der Waals surface area contributed by atoms with Crippen molar-refractivity contribution >= 4 is 27.8 Å². The summed E-state index contributed by atoms with van der Waals surface area (Å²) >= 11 is 3.34. The van der Waals surface area contributed by atoms with Gasteiger partial charge in [0.25, 0.3) is 0 Å². The summed E-state index contributed by atoms with van der Waals surface area (Å²) in [5.74, 6) is 0.641. The van der Waals surface area contributed by atoms with Crippen molar-refractivity contribution in [3.05, 3.63) is 10.2 Å². The molecule has 1 saturated heterocycles. The number of nitrogens with one attached hydrogen (secondary N) is 1. The van der Waals surface area contributed by atoms with E-state index in [0.717, 1.165) is 6.42 Å². The van der Waals surface area contributed by atoms with Gasteiger partial charge in [0.15, 0.2) is 0 Å². The van der Waals surface area contributed by atoms with Crippen molar-refractivity contribution in [3.63, 3.8) is 0 Å². The third-order valence-corrected chi connectivity index (χ3v) is 4.29. The van der Waals surface area contributed by atoms with Crippen LogP contribution in [0.2, 0.25) is 0 Å². The van der Waals surface area contributed by atoms with Gasteiger partial charge in [-0.3, -0.25) is 0 Å².